The summed E-state index contributed by atoms with van der Waals surface area (Å²) >= 11 is 0. The minimum absolute atomic E-state index is 0.472. The van der Waals surface area contributed by atoms with Crippen LogP contribution in [-0.2, 0) is 4.65 Å². The molecule has 66 valence electrons. The average Bonchev–Trinajstić information content (AvgIpc) is 2.23. The van der Waals surface area contributed by atoms with Gasteiger partial charge in [0.25, 0.3) is 8.05 Å². The Labute approximate surface area is 75.9 Å². The molecule has 0 radical (unpaired) electrons. The highest BCUT2D eigenvalue weighted by Crippen LogP contribution is 2.43. The van der Waals surface area contributed by atoms with Crippen LogP contribution in [0.5, 0.6) is 0 Å². The Bertz CT molecular complexity index is 210. The molecule has 3 atom stereocenters. The van der Waals surface area contributed by atoms with E-state index in [9.17, 15) is 0 Å². The normalized spacial score (nSPS) is 36.0. The van der Waals surface area contributed by atoms with E-state index in [0.717, 1.165) is 6.61 Å². The molecule has 0 bridgehead atoms. The summed E-state index contributed by atoms with van der Waals surface area (Å²) in [7, 11) is 1.74. The molecule has 1 aliphatic rings. The van der Waals surface area contributed by atoms with Crippen molar-refractivity contribution in [1.82, 2.24) is 0 Å². The smallest absolute Gasteiger partial charge is 0.257 e. The molecule has 1 aliphatic carbocycles. The van der Waals surface area contributed by atoms with Crippen LogP contribution < -0.4 is 0 Å². The second kappa shape index (κ2) is 3.48. The molecule has 0 aromatic rings. The van der Waals surface area contributed by atoms with E-state index in [0.29, 0.717) is 17.8 Å². The van der Waals surface area contributed by atoms with Gasteiger partial charge in [0, 0.05) is 12.5 Å². The monoisotopic (exact) mass is 164 g/mol. The number of allylic oxidation sites excluding steroid dienone is 1. The molecule has 1 fully saturated rings. The first-order valence-electron chi connectivity index (χ1n) is 4.46. The van der Waals surface area contributed by atoms with Crippen LogP contribution in [0.15, 0.2) is 24.3 Å². The Morgan fingerprint density at radius 3 is 2.25 bits per heavy atom. The summed E-state index contributed by atoms with van der Waals surface area (Å²) in [4.78, 5) is 0. The molecule has 0 amide bonds. The summed E-state index contributed by atoms with van der Waals surface area (Å²) in [6.45, 7) is 13.3. The van der Waals surface area contributed by atoms with Crippen molar-refractivity contribution < 1.29 is 4.65 Å². The summed E-state index contributed by atoms with van der Waals surface area (Å²) in [6.07, 6.45) is 0. The first-order valence-corrected chi connectivity index (χ1v) is 4.46. The van der Waals surface area contributed by atoms with Gasteiger partial charge in [0.05, 0.1) is 0 Å². The molecule has 2 heteroatoms. The minimum atomic E-state index is 0.472. The van der Waals surface area contributed by atoms with Crippen molar-refractivity contribution in [2.24, 2.45) is 17.8 Å². The molecule has 0 aliphatic heterocycles. The lowest BCUT2D eigenvalue weighted by Crippen LogP contribution is -2.13. The van der Waals surface area contributed by atoms with E-state index >= 15 is 0 Å². The third kappa shape index (κ3) is 1.36. The van der Waals surface area contributed by atoms with Gasteiger partial charge >= 0.3 is 0 Å². The van der Waals surface area contributed by atoms with Crippen molar-refractivity contribution in [3.8, 4) is 0 Å². The van der Waals surface area contributed by atoms with E-state index in [1.54, 1.807) is 8.05 Å². The van der Waals surface area contributed by atoms with Gasteiger partial charge in [0.1, 0.15) is 0 Å². The molecule has 0 aromatic heterocycles. The fourth-order valence-electron chi connectivity index (χ4n) is 1.96. The Balaban J connectivity index is 2.76. The van der Waals surface area contributed by atoms with Gasteiger partial charge in [-0.3, -0.25) is 0 Å². The second-order valence-electron chi connectivity index (χ2n) is 3.72. The quantitative estimate of drug-likeness (QED) is 0.444. The van der Waals surface area contributed by atoms with E-state index in [-0.39, 0.29) is 0 Å². The summed E-state index contributed by atoms with van der Waals surface area (Å²) in [5, 5.41) is 0. The lowest BCUT2D eigenvalue weighted by Gasteiger charge is -2.15. The van der Waals surface area contributed by atoms with Gasteiger partial charge < -0.3 is 4.65 Å². The van der Waals surface area contributed by atoms with Crippen LogP contribution in [-0.4, -0.2) is 14.7 Å². The highest BCUT2D eigenvalue weighted by molar-refractivity contribution is 5.97. The third-order valence-corrected chi connectivity index (χ3v) is 3.12. The molecule has 0 heterocycles. The summed E-state index contributed by atoms with van der Waals surface area (Å²) < 4.78 is 5.16. The minimum Gasteiger partial charge on any atom is -0.443 e. The highest BCUT2D eigenvalue weighted by Gasteiger charge is 2.34. The second-order valence-corrected chi connectivity index (χ2v) is 3.72. The van der Waals surface area contributed by atoms with Crippen LogP contribution in [0.1, 0.15) is 13.8 Å². The molecule has 0 spiro atoms. The maximum absolute atomic E-state index is 5.16. The van der Waals surface area contributed by atoms with Gasteiger partial charge in [-0.25, -0.2) is 0 Å². The maximum Gasteiger partial charge on any atom is 0.257 e. The van der Waals surface area contributed by atoms with E-state index in [2.05, 4.69) is 27.0 Å². The summed E-state index contributed by atoms with van der Waals surface area (Å²) in [5.41, 5.74) is 2.59. The molecule has 0 saturated heterocycles. The van der Waals surface area contributed by atoms with E-state index in [1.807, 2.05) is 0 Å². The van der Waals surface area contributed by atoms with Crippen LogP contribution in [0.2, 0.25) is 0 Å². The molecule has 1 saturated carbocycles. The fourth-order valence-corrected chi connectivity index (χ4v) is 1.96. The zero-order chi connectivity index (χ0) is 9.30. The van der Waals surface area contributed by atoms with Gasteiger partial charge in [-0.2, -0.15) is 0 Å². The summed E-state index contributed by atoms with van der Waals surface area (Å²) in [5.74, 6) is 1.49. The van der Waals surface area contributed by atoms with Crippen molar-refractivity contribution in [1.29, 1.82) is 0 Å². The summed E-state index contributed by atoms with van der Waals surface area (Å²) in [6, 6.07) is 0. The van der Waals surface area contributed by atoms with Crippen molar-refractivity contribution in [2.75, 3.05) is 6.61 Å². The molecule has 0 aromatic carbocycles. The fraction of sp³-hybridized carbons (Fsp3) is 0.600. The Kier molecular flexibility index (Phi) is 2.78. The zero-order valence-corrected chi connectivity index (χ0v) is 8.26. The SMILES string of the molecule is BOCC1C(=C)C(C)C(=C)C1C. The molecular formula is C10H17BO. The first-order chi connectivity index (χ1) is 5.59. The van der Waals surface area contributed by atoms with Gasteiger partial charge in [-0.05, 0) is 11.8 Å². The number of hydrogen-bond donors (Lipinski definition) is 0. The number of rotatable bonds is 2. The van der Waals surface area contributed by atoms with Crippen LogP contribution in [0.3, 0.4) is 0 Å². The molecule has 3 unspecified atom stereocenters. The molecular weight excluding hydrogens is 147 g/mol. The molecule has 1 nitrogen and oxygen atoms in total. The molecule has 0 N–H and O–H groups in total. The van der Waals surface area contributed by atoms with Gasteiger partial charge in [-0.15, -0.1) is 0 Å². The van der Waals surface area contributed by atoms with Gasteiger partial charge in [0.2, 0.25) is 0 Å². The largest absolute Gasteiger partial charge is 0.443 e. The Hall–Kier alpha value is -0.495. The van der Waals surface area contributed by atoms with E-state index < -0.39 is 0 Å². The van der Waals surface area contributed by atoms with E-state index in [4.69, 9.17) is 4.65 Å². The highest BCUT2D eigenvalue weighted by atomic mass is 16.4. The average molecular weight is 164 g/mol. The maximum atomic E-state index is 5.16. The predicted octanol–water partition coefficient (Wildman–Crippen LogP) is 1.57. The Morgan fingerprint density at radius 1 is 1.33 bits per heavy atom. The molecule has 12 heavy (non-hydrogen) atoms. The number of hydrogen-bond acceptors (Lipinski definition) is 1. The molecule has 1 rings (SSSR count). The van der Waals surface area contributed by atoms with Crippen LogP contribution >= 0.6 is 0 Å². The van der Waals surface area contributed by atoms with Crippen molar-refractivity contribution in [3.05, 3.63) is 24.3 Å². The zero-order valence-electron chi connectivity index (χ0n) is 8.26. The van der Waals surface area contributed by atoms with Crippen LogP contribution in [0, 0.1) is 17.8 Å². The van der Waals surface area contributed by atoms with Crippen LogP contribution in [0.4, 0.5) is 0 Å². The standard InChI is InChI=1S/C10H17BO/c1-6-7(2)9(4)10(5-12-11)8(6)3/h7-8,10H,1,4-5,11H2,2-3H3. The van der Waals surface area contributed by atoms with Crippen LogP contribution in [0.25, 0.3) is 0 Å². The first kappa shape index (κ1) is 9.59. The van der Waals surface area contributed by atoms with Crippen molar-refractivity contribution in [3.63, 3.8) is 0 Å². The topological polar surface area (TPSA) is 9.23 Å². The van der Waals surface area contributed by atoms with Gasteiger partial charge in [0.15, 0.2) is 0 Å². The third-order valence-electron chi connectivity index (χ3n) is 3.12. The van der Waals surface area contributed by atoms with Crippen molar-refractivity contribution >= 4 is 8.05 Å². The predicted molar refractivity (Wildman–Crippen MR) is 54.6 cm³/mol. The Morgan fingerprint density at radius 2 is 1.92 bits per heavy atom. The van der Waals surface area contributed by atoms with E-state index in [1.165, 1.54) is 11.1 Å². The van der Waals surface area contributed by atoms with Gasteiger partial charge in [-0.1, -0.05) is 38.2 Å². The van der Waals surface area contributed by atoms with Crippen molar-refractivity contribution in [2.45, 2.75) is 13.8 Å². The lowest BCUT2D eigenvalue weighted by atomic mass is 9.95. The lowest BCUT2D eigenvalue weighted by molar-refractivity contribution is 0.271.